The second kappa shape index (κ2) is 5.68. The predicted octanol–water partition coefficient (Wildman–Crippen LogP) is 2.64. The quantitative estimate of drug-likeness (QED) is 0.788. The molecule has 0 atom stereocenters. The Labute approximate surface area is 96.0 Å². The third kappa shape index (κ3) is 3.94. The molecular weight excluding hydrogens is 267 g/mol. The van der Waals surface area contributed by atoms with Crippen molar-refractivity contribution in [3.05, 3.63) is 22.6 Å². The normalized spacial score (nSPS) is 10.9. The summed E-state index contributed by atoms with van der Waals surface area (Å²) in [5, 5.41) is 0.468. The van der Waals surface area contributed by atoms with Crippen molar-refractivity contribution in [1.29, 1.82) is 0 Å². The molecule has 0 radical (unpaired) electrons. The molecule has 0 aliphatic rings. The Kier molecular flexibility index (Phi) is 4.84. The Morgan fingerprint density at radius 1 is 1.57 bits per heavy atom. The van der Waals surface area contributed by atoms with Crippen LogP contribution in [0.5, 0.6) is 0 Å². The van der Waals surface area contributed by atoms with Crippen LogP contribution in [-0.4, -0.2) is 36.3 Å². The fourth-order valence-corrected chi connectivity index (χ4v) is 2.11. The minimum Gasteiger partial charge on any atom is -0.309 e. The monoisotopic (exact) mass is 278 g/mol. The molecule has 0 unspecified atom stereocenters. The van der Waals surface area contributed by atoms with Gasteiger partial charge in [0.15, 0.2) is 5.82 Å². The molecule has 0 saturated carbocycles. The van der Waals surface area contributed by atoms with E-state index in [9.17, 15) is 4.39 Å². The molecule has 1 heterocycles. The summed E-state index contributed by atoms with van der Waals surface area (Å²) in [7, 11) is 3.98. The third-order valence-corrected chi connectivity index (χ3v) is 2.95. The van der Waals surface area contributed by atoms with Crippen molar-refractivity contribution >= 4 is 27.7 Å². The van der Waals surface area contributed by atoms with Crippen LogP contribution in [0.4, 0.5) is 4.39 Å². The van der Waals surface area contributed by atoms with Gasteiger partial charge in [0, 0.05) is 23.0 Å². The first-order valence-electron chi connectivity index (χ1n) is 4.18. The van der Waals surface area contributed by atoms with E-state index in [0.29, 0.717) is 9.50 Å². The van der Waals surface area contributed by atoms with E-state index in [2.05, 4.69) is 25.8 Å². The lowest BCUT2D eigenvalue weighted by molar-refractivity contribution is 0.437. The average molecular weight is 279 g/mol. The molecule has 1 aromatic rings. The van der Waals surface area contributed by atoms with Crippen molar-refractivity contribution in [1.82, 2.24) is 9.88 Å². The van der Waals surface area contributed by atoms with E-state index in [1.165, 1.54) is 17.8 Å². The molecule has 0 amide bonds. The van der Waals surface area contributed by atoms with E-state index in [4.69, 9.17) is 0 Å². The topological polar surface area (TPSA) is 16.1 Å². The lowest BCUT2D eigenvalue weighted by Gasteiger charge is -2.08. The van der Waals surface area contributed by atoms with Gasteiger partial charge in [-0.25, -0.2) is 9.37 Å². The van der Waals surface area contributed by atoms with Crippen molar-refractivity contribution in [2.24, 2.45) is 0 Å². The molecular formula is C9H12BrFN2S. The molecule has 0 bridgehead atoms. The van der Waals surface area contributed by atoms with E-state index in [1.807, 2.05) is 14.1 Å². The highest BCUT2D eigenvalue weighted by Gasteiger charge is 2.04. The summed E-state index contributed by atoms with van der Waals surface area (Å²) in [6, 6.07) is 1.44. The molecule has 0 saturated heterocycles. The second-order valence-electron chi connectivity index (χ2n) is 3.09. The van der Waals surface area contributed by atoms with Crippen molar-refractivity contribution < 1.29 is 4.39 Å². The van der Waals surface area contributed by atoms with E-state index in [0.717, 1.165) is 12.3 Å². The van der Waals surface area contributed by atoms with Gasteiger partial charge in [0.1, 0.15) is 5.03 Å². The van der Waals surface area contributed by atoms with Gasteiger partial charge in [-0.15, -0.1) is 11.8 Å². The number of pyridine rings is 1. The van der Waals surface area contributed by atoms with Crippen molar-refractivity contribution in [2.45, 2.75) is 5.03 Å². The van der Waals surface area contributed by atoms with Crippen molar-refractivity contribution in [3.63, 3.8) is 0 Å². The van der Waals surface area contributed by atoms with Crippen LogP contribution in [0.2, 0.25) is 0 Å². The molecule has 0 fully saturated rings. The molecule has 1 rings (SSSR count). The smallest absolute Gasteiger partial charge is 0.156 e. The molecule has 1 aromatic heterocycles. The maximum atomic E-state index is 13.2. The number of rotatable bonds is 4. The number of thioether (sulfide) groups is 1. The van der Waals surface area contributed by atoms with E-state index in [-0.39, 0.29) is 5.82 Å². The molecule has 0 N–H and O–H groups in total. The highest BCUT2D eigenvalue weighted by Crippen LogP contribution is 2.21. The van der Waals surface area contributed by atoms with Crippen LogP contribution in [0.25, 0.3) is 0 Å². The molecule has 0 aliphatic carbocycles. The number of hydrogen-bond donors (Lipinski definition) is 0. The van der Waals surface area contributed by atoms with Gasteiger partial charge in [-0.1, -0.05) is 0 Å². The van der Waals surface area contributed by atoms with Gasteiger partial charge < -0.3 is 4.90 Å². The maximum Gasteiger partial charge on any atom is 0.156 e. The molecule has 2 nitrogen and oxygen atoms in total. The SMILES string of the molecule is CN(C)CCSc1ncc(Br)cc1F. The minimum absolute atomic E-state index is 0.261. The molecule has 14 heavy (non-hydrogen) atoms. The molecule has 0 aliphatic heterocycles. The van der Waals surface area contributed by atoms with Crippen LogP contribution in [0.3, 0.4) is 0 Å². The minimum atomic E-state index is -0.261. The van der Waals surface area contributed by atoms with E-state index in [1.54, 1.807) is 6.20 Å². The molecule has 0 spiro atoms. The summed E-state index contributed by atoms with van der Waals surface area (Å²) < 4.78 is 13.9. The van der Waals surface area contributed by atoms with Gasteiger partial charge in [-0.05, 0) is 36.1 Å². The van der Waals surface area contributed by atoms with Gasteiger partial charge in [-0.3, -0.25) is 0 Å². The first-order valence-corrected chi connectivity index (χ1v) is 5.96. The van der Waals surface area contributed by atoms with Gasteiger partial charge >= 0.3 is 0 Å². The van der Waals surface area contributed by atoms with Gasteiger partial charge in [0.2, 0.25) is 0 Å². The standard InChI is InChI=1S/C9H12BrFN2S/c1-13(2)3-4-14-9-8(11)5-7(10)6-12-9/h5-6H,3-4H2,1-2H3. The Morgan fingerprint density at radius 3 is 2.86 bits per heavy atom. The van der Waals surface area contributed by atoms with Crippen LogP contribution in [0.1, 0.15) is 0 Å². The zero-order valence-electron chi connectivity index (χ0n) is 8.13. The van der Waals surface area contributed by atoms with Crippen LogP contribution < -0.4 is 0 Å². The Bertz CT molecular complexity index is 307. The summed E-state index contributed by atoms with van der Waals surface area (Å²) >= 11 is 4.60. The number of nitrogens with zero attached hydrogens (tertiary/aromatic N) is 2. The lowest BCUT2D eigenvalue weighted by Crippen LogP contribution is -2.14. The van der Waals surface area contributed by atoms with Gasteiger partial charge in [0.05, 0.1) is 0 Å². The molecule has 0 aromatic carbocycles. The van der Waals surface area contributed by atoms with Crippen LogP contribution >= 0.6 is 27.7 Å². The summed E-state index contributed by atoms with van der Waals surface area (Å²) in [6.45, 7) is 0.919. The zero-order chi connectivity index (χ0) is 10.6. The van der Waals surface area contributed by atoms with Gasteiger partial charge in [-0.2, -0.15) is 0 Å². The summed E-state index contributed by atoms with van der Waals surface area (Å²) in [6.07, 6.45) is 1.61. The first kappa shape index (κ1) is 11.9. The Hall–Kier alpha value is -0.130. The van der Waals surface area contributed by atoms with Crippen LogP contribution in [0.15, 0.2) is 21.8 Å². The van der Waals surface area contributed by atoms with Crippen LogP contribution in [-0.2, 0) is 0 Å². The Balaban J connectivity index is 2.51. The average Bonchev–Trinajstić information content (AvgIpc) is 2.08. The summed E-state index contributed by atoms with van der Waals surface area (Å²) in [4.78, 5) is 6.06. The second-order valence-corrected chi connectivity index (χ2v) is 5.09. The summed E-state index contributed by atoms with van der Waals surface area (Å²) in [5.74, 6) is 0.585. The largest absolute Gasteiger partial charge is 0.309 e. The summed E-state index contributed by atoms with van der Waals surface area (Å²) in [5.41, 5.74) is 0. The highest BCUT2D eigenvalue weighted by atomic mass is 79.9. The maximum absolute atomic E-state index is 13.2. The fraction of sp³-hybridized carbons (Fsp3) is 0.444. The zero-order valence-corrected chi connectivity index (χ0v) is 10.5. The van der Waals surface area contributed by atoms with E-state index < -0.39 is 0 Å². The number of aromatic nitrogens is 1. The Morgan fingerprint density at radius 2 is 2.29 bits per heavy atom. The molecule has 5 heteroatoms. The highest BCUT2D eigenvalue weighted by molar-refractivity contribution is 9.10. The first-order chi connectivity index (χ1) is 6.59. The lowest BCUT2D eigenvalue weighted by atomic mass is 10.5. The number of hydrogen-bond acceptors (Lipinski definition) is 3. The number of halogens is 2. The fourth-order valence-electron chi connectivity index (χ4n) is 0.833. The predicted molar refractivity (Wildman–Crippen MR) is 61.2 cm³/mol. The van der Waals surface area contributed by atoms with Crippen molar-refractivity contribution in [2.75, 3.05) is 26.4 Å². The van der Waals surface area contributed by atoms with Crippen LogP contribution in [0, 0.1) is 5.82 Å². The third-order valence-electron chi connectivity index (χ3n) is 1.55. The van der Waals surface area contributed by atoms with Crippen molar-refractivity contribution in [3.8, 4) is 0 Å². The van der Waals surface area contributed by atoms with E-state index >= 15 is 0 Å². The molecule has 78 valence electrons. The van der Waals surface area contributed by atoms with Gasteiger partial charge in [0.25, 0.3) is 0 Å².